The largest absolute Gasteiger partial charge is 0.493 e. The van der Waals surface area contributed by atoms with E-state index in [0.29, 0.717) is 24.1 Å². The second kappa shape index (κ2) is 12.9. The van der Waals surface area contributed by atoms with Gasteiger partial charge in [-0.15, -0.1) is 0 Å². The van der Waals surface area contributed by atoms with E-state index in [1.165, 1.54) is 0 Å². The van der Waals surface area contributed by atoms with Crippen molar-refractivity contribution in [2.24, 2.45) is 4.99 Å². The Morgan fingerprint density at radius 1 is 1.03 bits per heavy atom. The molecule has 1 saturated heterocycles. The van der Waals surface area contributed by atoms with E-state index < -0.39 is 0 Å². The molecular formula is C25H36N4O3. The van der Waals surface area contributed by atoms with Gasteiger partial charge in [0.15, 0.2) is 17.5 Å². The molecule has 1 aliphatic heterocycles. The Hall–Kier alpha value is -2.77. The number of para-hydroxylation sites is 2. The lowest BCUT2D eigenvalue weighted by Crippen LogP contribution is -2.48. The van der Waals surface area contributed by atoms with Crippen LogP contribution in [-0.4, -0.2) is 64.4 Å². The van der Waals surface area contributed by atoms with Crippen LogP contribution in [0.1, 0.15) is 24.8 Å². The van der Waals surface area contributed by atoms with Crippen LogP contribution in [0.5, 0.6) is 17.2 Å². The molecule has 0 atom stereocenters. The SMILES string of the molecule is CN=C(NCc1ccc(Oc2ccccc2OC)cc1)NC1CCN(CCCOC)CC1. The molecule has 1 heterocycles. The summed E-state index contributed by atoms with van der Waals surface area (Å²) < 4.78 is 16.4. The van der Waals surface area contributed by atoms with Crippen molar-refractivity contribution in [3.63, 3.8) is 0 Å². The van der Waals surface area contributed by atoms with Gasteiger partial charge in [-0.05, 0) is 49.1 Å². The number of guanidine groups is 1. The van der Waals surface area contributed by atoms with Crippen LogP contribution in [0.4, 0.5) is 0 Å². The summed E-state index contributed by atoms with van der Waals surface area (Å²) in [7, 11) is 5.22. The minimum atomic E-state index is 0.455. The van der Waals surface area contributed by atoms with E-state index in [2.05, 4.69) is 32.7 Å². The number of hydrogen-bond donors (Lipinski definition) is 2. The second-order valence-corrected chi connectivity index (χ2v) is 7.93. The minimum Gasteiger partial charge on any atom is -0.493 e. The van der Waals surface area contributed by atoms with Crippen LogP contribution < -0.4 is 20.1 Å². The van der Waals surface area contributed by atoms with Gasteiger partial charge in [-0.1, -0.05) is 24.3 Å². The highest BCUT2D eigenvalue weighted by atomic mass is 16.5. The first kappa shape index (κ1) is 23.9. The summed E-state index contributed by atoms with van der Waals surface area (Å²) in [4.78, 5) is 6.91. The van der Waals surface area contributed by atoms with Crippen molar-refractivity contribution >= 4 is 5.96 Å². The highest BCUT2D eigenvalue weighted by Gasteiger charge is 2.19. The Morgan fingerprint density at radius 2 is 1.75 bits per heavy atom. The maximum Gasteiger partial charge on any atom is 0.191 e. The normalized spacial score (nSPS) is 15.4. The van der Waals surface area contributed by atoms with E-state index in [1.807, 2.05) is 43.4 Å². The number of likely N-dealkylation sites (tertiary alicyclic amines) is 1. The van der Waals surface area contributed by atoms with Crippen molar-refractivity contribution < 1.29 is 14.2 Å². The van der Waals surface area contributed by atoms with E-state index in [9.17, 15) is 0 Å². The van der Waals surface area contributed by atoms with Gasteiger partial charge in [0.25, 0.3) is 0 Å². The molecule has 2 aromatic rings. The number of nitrogens with zero attached hydrogens (tertiary/aromatic N) is 2. The zero-order chi connectivity index (χ0) is 22.6. The van der Waals surface area contributed by atoms with Crippen LogP contribution >= 0.6 is 0 Å². The van der Waals surface area contributed by atoms with Gasteiger partial charge in [0.2, 0.25) is 0 Å². The summed E-state index contributed by atoms with van der Waals surface area (Å²) in [5.41, 5.74) is 1.16. The minimum absolute atomic E-state index is 0.455. The van der Waals surface area contributed by atoms with Crippen LogP contribution in [-0.2, 0) is 11.3 Å². The molecule has 7 nitrogen and oxygen atoms in total. The molecule has 0 aliphatic carbocycles. The van der Waals surface area contributed by atoms with Crippen LogP contribution in [0.15, 0.2) is 53.5 Å². The molecule has 2 aromatic carbocycles. The Bertz CT molecular complexity index is 833. The summed E-state index contributed by atoms with van der Waals surface area (Å²) in [6.07, 6.45) is 3.35. The van der Waals surface area contributed by atoms with Crippen molar-refractivity contribution in [2.45, 2.75) is 31.8 Å². The number of methoxy groups -OCH3 is 2. The molecule has 32 heavy (non-hydrogen) atoms. The summed E-state index contributed by atoms with van der Waals surface area (Å²) in [6, 6.07) is 16.2. The van der Waals surface area contributed by atoms with Crippen LogP contribution in [0.25, 0.3) is 0 Å². The monoisotopic (exact) mass is 440 g/mol. The maximum absolute atomic E-state index is 5.95. The lowest BCUT2D eigenvalue weighted by atomic mass is 10.1. The third-order valence-electron chi connectivity index (χ3n) is 5.66. The average molecular weight is 441 g/mol. The Balaban J connectivity index is 1.42. The smallest absolute Gasteiger partial charge is 0.191 e. The molecule has 3 rings (SSSR count). The zero-order valence-electron chi connectivity index (χ0n) is 19.5. The molecule has 0 unspecified atom stereocenters. The predicted molar refractivity (Wildman–Crippen MR) is 129 cm³/mol. The van der Waals surface area contributed by atoms with E-state index in [4.69, 9.17) is 14.2 Å². The fraction of sp³-hybridized carbons (Fsp3) is 0.480. The van der Waals surface area contributed by atoms with Gasteiger partial charge < -0.3 is 29.7 Å². The number of benzene rings is 2. The number of ether oxygens (including phenoxy) is 3. The molecule has 174 valence electrons. The van der Waals surface area contributed by atoms with Crippen molar-refractivity contribution in [1.82, 2.24) is 15.5 Å². The Morgan fingerprint density at radius 3 is 2.41 bits per heavy atom. The average Bonchev–Trinajstić information content (AvgIpc) is 2.84. The van der Waals surface area contributed by atoms with Gasteiger partial charge in [-0.2, -0.15) is 0 Å². The number of piperidine rings is 1. The van der Waals surface area contributed by atoms with Crippen molar-refractivity contribution in [3.8, 4) is 17.2 Å². The predicted octanol–water partition coefficient (Wildman–Crippen LogP) is 3.65. The molecule has 0 spiro atoms. The fourth-order valence-corrected chi connectivity index (χ4v) is 3.81. The Kier molecular flexibility index (Phi) is 9.65. The van der Waals surface area contributed by atoms with Crippen LogP contribution in [0, 0.1) is 0 Å². The van der Waals surface area contributed by atoms with Crippen molar-refractivity contribution in [3.05, 3.63) is 54.1 Å². The molecular weight excluding hydrogens is 404 g/mol. The van der Waals surface area contributed by atoms with E-state index in [1.54, 1.807) is 14.2 Å². The number of rotatable bonds is 10. The first-order valence-electron chi connectivity index (χ1n) is 11.3. The first-order valence-corrected chi connectivity index (χ1v) is 11.3. The molecule has 2 N–H and O–H groups in total. The molecule has 7 heteroatoms. The summed E-state index contributed by atoms with van der Waals surface area (Å²) >= 11 is 0. The van der Waals surface area contributed by atoms with E-state index in [-0.39, 0.29) is 0 Å². The molecule has 1 aliphatic rings. The number of nitrogens with one attached hydrogen (secondary N) is 2. The topological polar surface area (TPSA) is 67.4 Å². The zero-order valence-corrected chi connectivity index (χ0v) is 19.5. The fourth-order valence-electron chi connectivity index (χ4n) is 3.81. The second-order valence-electron chi connectivity index (χ2n) is 7.93. The molecule has 0 bridgehead atoms. The van der Waals surface area contributed by atoms with Gasteiger partial charge in [0, 0.05) is 53.0 Å². The third kappa shape index (κ3) is 7.43. The van der Waals surface area contributed by atoms with Gasteiger partial charge >= 0.3 is 0 Å². The van der Waals surface area contributed by atoms with E-state index in [0.717, 1.165) is 62.8 Å². The van der Waals surface area contributed by atoms with Crippen LogP contribution in [0.3, 0.4) is 0 Å². The highest BCUT2D eigenvalue weighted by Crippen LogP contribution is 2.30. The maximum atomic E-state index is 5.95. The van der Waals surface area contributed by atoms with Gasteiger partial charge in [0.1, 0.15) is 5.75 Å². The van der Waals surface area contributed by atoms with Gasteiger partial charge in [-0.25, -0.2) is 0 Å². The number of hydrogen-bond acceptors (Lipinski definition) is 5. The molecule has 1 fully saturated rings. The van der Waals surface area contributed by atoms with Gasteiger partial charge in [-0.3, -0.25) is 4.99 Å². The lowest BCUT2D eigenvalue weighted by Gasteiger charge is -2.33. The highest BCUT2D eigenvalue weighted by molar-refractivity contribution is 5.79. The quantitative estimate of drug-likeness (QED) is 0.334. The van der Waals surface area contributed by atoms with Gasteiger partial charge in [0.05, 0.1) is 7.11 Å². The first-order chi connectivity index (χ1) is 15.7. The lowest BCUT2D eigenvalue weighted by molar-refractivity contribution is 0.155. The summed E-state index contributed by atoms with van der Waals surface area (Å²) in [6.45, 7) is 4.88. The van der Waals surface area contributed by atoms with E-state index >= 15 is 0 Å². The molecule has 0 saturated carbocycles. The van der Waals surface area contributed by atoms with Crippen LogP contribution in [0.2, 0.25) is 0 Å². The summed E-state index contributed by atoms with van der Waals surface area (Å²) in [5.74, 6) is 3.04. The molecule has 0 aromatic heterocycles. The summed E-state index contributed by atoms with van der Waals surface area (Å²) in [5, 5.41) is 6.99. The molecule has 0 amide bonds. The standard InChI is InChI=1S/C25H36N4O3/c1-26-25(28-21-13-16-29(17-14-21)15-6-18-30-2)27-19-20-9-11-22(12-10-20)32-24-8-5-4-7-23(24)31-3/h4-5,7-12,21H,6,13-19H2,1-3H3,(H2,26,27,28). The number of aliphatic imine (C=N–C) groups is 1. The Labute approximate surface area is 191 Å². The van der Waals surface area contributed by atoms with Crippen molar-refractivity contribution in [1.29, 1.82) is 0 Å². The van der Waals surface area contributed by atoms with Crippen molar-refractivity contribution in [2.75, 3.05) is 47.5 Å². The molecule has 0 radical (unpaired) electrons. The third-order valence-corrected chi connectivity index (χ3v) is 5.66.